The fourth-order valence-corrected chi connectivity index (χ4v) is 0.692. The van der Waals surface area contributed by atoms with Crippen LogP contribution in [0.4, 0.5) is 0 Å². The van der Waals surface area contributed by atoms with Crippen molar-refractivity contribution in [2.45, 2.75) is 40.7 Å². The molecule has 0 aromatic carbocycles. The minimum Gasteiger partial charge on any atom is -0.185 e. The third-order valence-corrected chi connectivity index (χ3v) is 1.07. The van der Waals surface area contributed by atoms with Crippen molar-refractivity contribution >= 4 is 0 Å². The summed E-state index contributed by atoms with van der Waals surface area (Å²) in [7, 11) is 0. The van der Waals surface area contributed by atoms with Gasteiger partial charge >= 0.3 is 0 Å². The van der Waals surface area contributed by atoms with Crippen LogP contribution in [0.3, 0.4) is 0 Å². The largest absolute Gasteiger partial charge is 0.185 e. The van der Waals surface area contributed by atoms with Crippen LogP contribution in [-0.4, -0.2) is 15.0 Å². The molecule has 0 aliphatic carbocycles. The van der Waals surface area contributed by atoms with E-state index in [1.165, 1.54) is 0 Å². The molecule has 64 valence electrons. The molecule has 0 bridgehead atoms. The van der Waals surface area contributed by atoms with E-state index in [2.05, 4.69) is 17.1 Å². The van der Waals surface area contributed by atoms with Crippen LogP contribution < -0.4 is 0 Å². The summed E-state index contributed by atoms with van der Waals surface area (Å²) in [5, 5.41) is 8.12. The molecule has 0 saturated carbocycles. The van der Waals surface area contributed by atoms with Gasteiger partial charge in [-0.25, -0.2) is 0 Å². The Bertz CT molecular complexity index is 181. The van der Waals surface area contributed by atoms with Gasteiger partial charge in [0.2, 0.25) is 0 Å². The molecule has 0 amide bonds. The van der Waals surface area contributed by atoms with Gasteiger partial charge in [0.15, 0.2) is 0 Å². The zero-order valence-corrected chi connectivity index (χ0v) is 7.83. The lowest BCUT2D eigenvalue weighted by molar-refractivity contribution is 0.526. The van der Waals surface area contributed by atoms with E-state index >= 15 is 0 Å². The lowest BCUT2D eigenvalue weighted by Crippen LogP contribution is -2.00. The molecular formula is C8H17N3. The zero-order valence-electron chi connectivity index (χ0n) is 7.83. The molecule has 0 unspecified atom stereocenters. The fourth-order valence-electron chi connectivity index (χ4n) is 0.692. The first-order valence-corrected chi connectivity index (χ1v) is 4.19. The van der Waals surface area contributed by atoms with Crippen molar-refractivity contribution in [2.24, 2.45) is 0 Å². The molecule has 0 N–H and O–H groups in total. The molecule has 11 heavy (non-hydrogen) atoms. The van der Waals surface area contributed by atoms with E-state index in [1.54, 1.807) is 11.0 Å². The monoisotopic (exact) mass is 155 g/mol. The van der Waals surface area contributed by atoms with Gasteiger partial charge in [-0.15, -0.1) is 0 Å². The number of aromatic nitrogens is 3. The van der Waals surface area contributed by atoms with E-state index in [0.717, 1.165) is 18.7 Å². The highest BCUT2D eigenvalue weighted by Crippen LogP contribution is 1.88. The summed E-state index contributed by atoms with van der Waals surface area (Å²) >= 11 is 0. The summed E-state index contributed by atoms with van der Waals surface area (Å²) in [6.07, 6.45) is 2.86. The van der Waals surface area contributed by atoms with E-state index in [-0.39, 0.29) is 0 Å². The Morgan fingerprint density at radius 1 is 1.45 bits per heavy atom. The lowest BCUT2D eigenvalue weighted by atomic mass is 10.5. The Morgan fingerprint density at radius 3 is 2.45 bits per heavy atom. The predicted molar refractivity (Wildman–Crippen MR) is 46.4 cm³/mol. The molecule has 0 radical (unpaired) electrons. The Morgan fingerprint density at radius 2 is 2.09 bits per heavy atom. The summed E-state index contributed by atoms with van der Waals surface area (Å²) in [6, 6.07) is 0. The van der Waals surface area contributed by atoms with Gasteiger partial charge < -0.3 is 0 Å². The van der Waals surface area contributed by atoms with Crippen LogP contribution in [0.1, 0.15) is 32.9 Å². The molecule has 1 aromatic heterocycles. The third kappa shape index (κ3) is 3.75. The topological polar surface area (TPSA) is 30.7 Å². The molecule has 0 spiro atoms. The average molecular weight is 155 g/mol. The summed E-state index contributed by atoms with van der Waals surface area (Å²) in [6.45, 7) is 8.98. The van der Waals surface area contributed by atoms with Crippen LogP contribution in [0.2, 0.25) is 0 Å². The van der Waals surface area contributed by atoms with Crippen LogP contribution in [0.25, 0.3) is 0 Å². The molecule has 1 rings (SSSR count). The van der Waals surface area contributed by atoms with E-state index in [4.69, 9.17) is 0 Å². The van der Waals surface area contributed by atoms with Gasteiger partial charge in [0, 0.05) is 0 Å². The number of hydrogen-bond donors (Lipinski definition) is 0. The molecule has 1 aromatic rings. The Hall–Kier alpha value is -0.860. The second-order valence-electron chi connectivity index (χ2n) is 2.08. The zero-order chi connectivity index (χ0) is 8.69. The summed E-state index contributed by atoms with van der Waals surface area (Å²) in [5.74, 6) is 0. The summed E-state index contributed by atoms with van der Waals surface area (Å²) < 4.78 is 0. The quantitative estimate of drug-likeness (QED) is 0.654. The molecule has 0 aliphatic heterocycles. The maximum absolute atomic E-state index is 4.11. The summed E-state index contributed by atoms with van der Waals surface area (Å²) in [5.41, 5.74) is 0.989. The second-order valence-corrected chi connectivity index (χ2v) is 2.08. The van der Waals surface area contributed by atoms with Crippen molar-refractivity contribution in [3.8, 4) is 0 Å². The lowest BCUT2D eigenvalue weighted by Gasteiger charge is -1.91. The van der Waals surface area contributed by atoms with Crippen molar-refractivity contribution in [2.75, 3.05) is 0 Å². The van der Waals surface area contributed by atoms with E-state index in [1.807, 2.05) is 20.8 Å². The molecule has 0 saturated heterocycles. The molecule has 0 atom stereocenters. The van der Waals surface area contributed by atoms with Gasteiger partial charge in [-0.3, -0.25) is 0 Å². The van der Waals surface area contributed by atoms with Crippen molar-refractivity contribution in [3.63, 3.8) is 0 Å². The van der Waals surface area contributed by atoms with E-state index in [0.29, 0.717) is 0 Å². The molecule has 3 nitrogen and oxygen atoms in total. The highest BCUT2D eigenvalue weighted by molar-refractivity contribution is 4.84. The predicted octanol–water partition coefficient (Wildman–Crippen LogP) is 2.02. The molecule has 1 heterocycles. The van der Waals surface area contributed by atoms with Gasteiger partial charge in [-0.1, -0.05) is 20.8 Å². The number of rotatable bonds is 2. The fraction of sp³-hybridized carbons (Fsp3) is 0.750. The normalized spacial score (nSPS) is 8.73. The minimum absolute atomic E-state index is 0.924. The maximum atomic E-state index is 4.11. The second kappa shape index (κ2) is 5.89. The van der Waals surface area contributed by atoms with Crippen molar-refractivity contribution in [3.05, 3.63) is 11.9 Å². The average Bonchev–Trinajstić information content (AvgIpc) is 2.41. The van der Waals surface area contributed by atoms with Crippen molar-refractivity contribution in [1.82, 2.24) is 15.0 Å². The van der Waals surface area contributed by atoms with Gasteiger partial charge in [-0.05, 0) is 13.3 Å². The highest BCUT2D eigenvalue weighted by Gasteiger charge is 1.90. The number of aryl methyl sites for hydroxylation is 2. The van der Waals surface area contributed by atoms with E-state index < -0.39 is 0 Å². The van der Waals surface area contributed by atoms with Gasteiger partial charge in [0.25, 0.3) is 0 Å². The number of nitrogens with zero attached hydrogens (tertiary/aromatic N) is 3. The van der Waals surface area contributed by atoms with Crippen LogP contribution in [-0.2, 0) is 6.54 Å². The van der Waals surface area contributed by atoms with E-state index in [9.17, 15) is 0 Å². The van der Waals surface area contributed by atoms with Crippen molar-refractivity contribution in [1.29, 1.82) is 0 Å². The van der Waals surface area contributed by atoms with Gasteiger partial charge in [0.05, 0.1) is 18.4 Å². The third-order valence-electron chi connectivity index (χ3n) is 1.07. The van der Waals surface area contributed by atoms with Crippen LogP contribution >= 0.6 is 0 Å². The standard InChI is InChI=1S/C6H11N3.C2H6/c1-3-4-9-7-5-6(2)8-9;1-2/h5H,3-4H2,1-2H3;1-2H3. The Kier molecular flexibility index (Phi) is 5.43. The van der Waals surface area contributed by atoms with Crippen molar-refractivity contribution < 1.29 is 0 Å². The number of hydrogen-bond acceptors (Lipinski definition) is 2. The SMILES string of the molecule is CC.CCCn1ncc(C)n1. The van der Waals surface area contributed by atoms with Gasteiger partial charge in [0.1, 0.15) is 0 Å². The minimum atomic E-state index is 0.924. The van der Waals surface area contributed by atoms with Gasteiger partial charge in [-0.2, -0.15) is 15.0 Å². The highest BCUT2D eigenvalue weighted by atomic mass is 15.5. The Balaban J connectivity index is 0.000000461. The van der Waals surface area contributed by atoms with Crippen LogP contribution in [0.15, 0.2) is 6.20 Å². The summed E-state index contributed by atoms with van der Waals surface area (Å²) in [4.78, 5) is 1.72. The van der Waals surface area contributed by atoms with Crippen LogP contribution in [0.5, 0.6) is 0 Å². The smallest absolute Gasteiger partial charge is 0.0796 e. The Labute approximate surface area is 68.4 Å². The maximum Gasteiger partial charge on any atom is 0.0796 e. The molecule has 3 heteroatoms. The first-order valence-electron chi connectivity index (χ1n) is 4.19. The first kappa shape index (κ1) is 10.1. The van der Waals surface area contributed by atoms with Crippen LogP contribution in [0, 0.1) is 6.92 Å². The first-order chi connectivity index (χ1) is 5.33. The molecule has 0 aliphatic rings. The molecule has 0 fully saturated rings. The molecular weight excluding hydrogens is 138 g/mol.